The summed E-state index contributed by atoms with van der Waals surface area (Å²) in [6, 6.07) is 12.9. The molecule has 3 aromatic carbocycles. The van der Waals surface area contributed by atoms with Crippen molar-refractivity contribution in [3.05, 3.63) is 69.8 Å². The van der Waals surface area contributed by atoms with Crippen LogP contribution in [0.5, 0.6) is 17.2 Å². The fourth-order valence-electron chi connectivity index (χ4n) is 4.56. The molecule has 190 valence electrons. The number of aromatic hydroxyl groups is 3. The van der Waals surface area contributed by atoms with Crippen LogP contribution in [0.2, 0.25) is 0 Å². The van der Waals surface area contributed by atoms with E-state index in [2.05, 4.69) is 77.9 Å². The molecule has 0 aliphatic carbocycles. The Hall–Kier alpha value is -2.30. The molecule has 5 heteroatoms. The summed E-state index contributed by atoms with van der Waals surface area (Å²) in [5.74, 6) is 1.21. The van der Waals surface area contributed by atoms with Crippen molar-refractivity contribution < 1.29 is 27.7 Å². The van der Waals surface area contributed by atoms with Crippen molar-refractivity contribution >= 4 is 10.9 Å². The molecule has 3 aromatic rings. The Morgan fingerprint density at radius 3 is 0.743 bits per heavy atom. The van der Waals surface area contributed by atoms with E-state index in [1.54, 1.807) is 0 Å². The Morgan fingerprint density at radius 1 is 0.429 bits per heavy atom. The van der Waals surface area contributed by atoms with E-state index in [0.29, 0.717) is 17.2 Å². The first-order chi connectivity index (χ1) is 16.3. The van der Waals surface area contributed by atoms with Gasteiger partial charge in [-0.25, -0.2) is 0 Å². The zero-order chi connectivity index (χ0) is 25.0. The molecule has 0 unspecified atom stereocenters. The Morgan fingerprint density at radius 2 is 0.600 bits per heavy atom. The van der Waals surface area contributed by atoms with E-state index in [1.165, 1.54) is 0 Å². The number of halogens is 1. The van der Waals surface area contributed by atoms with Crippen LogP contribution in [0.3, 0.4) is 0 Å². The highest BCUT2D eigenvalue weighted by atomic mass is 35.5. The van der Waals surface area contributed by atoms with Crippen LogP contribution < -0.4 is 12.4 Å². The second-order valence-corrected chi connectivity index (χ2v) is 10.7. The van der Waals surface area contributed by atoms with Crippen LogP contribution in [-0.4, -0.2) is 15.3 Å². The third kappa shape index (κ3) is 5.76. The third-order valence-corrected chi connectivity index (χ3v) is 8.84. The highest BCUT2D eigenvalue weighted by molar-refractivity contribution is 7.97. The van der Waals surface area contributed by atoms with Crippen LogP contribution in [0, 0.1) is 0 Å². The number of hydrogen-bond acceptors (Lipinski definition) is 3. The summed E-state index contributed by atoms with van der Waals surface area (Å²) < 4.78 is 0. The SMILES string of the molecule is CCc1cc([S+](c2cc(CC)c(O)c(CC)c2)c2cc(CC)c(O)c(CC)c2)cc(CC)c1O.[Cl-]. The molecule has 35 heavy (non-hydrogen) atoms. The number of hydrogen-bond donors (Lipinski definition) is 3. The van der Waals surface area contributed by atoms with Gasteiger partial charge in [-0.1, -0.05) is 41.5 Å². The smallest absolute Gasteiger partial charge is 0.167 e. The van der Waals surface area contributed by atoms with Gasteiger partial charge in [-0.2, -0.15) is 0 Å². The van der Waals surface area contributed by atoms with Crippen LogP contribution >= 0.6 is 0 Å². The van der Waals surface area contributed by atoms with E-state index in [-0.39, 0.29) is 12.4 Å². The number of rotatable bonds is 9. The normalized spacial score (nSPS) is 11.1. The molecule has 0 radical (unpaired) electrons. The molecule has 0 saturated carbocycles. The summed E-state index contributed by atoms with van der Waals surface area (Å²) in [5, 5.41) is 32.3. The minimum Gasteiger partial charge on any atom is -1.00 e. The van der Waals surface area contributed by atoms with E-state index in [4.69, 9.17) is 0 Å². The van der Waals surface area contributed by atoms with Gasteiger partial charge in [0.1, 0.15) is 17.2 Å². The van der Waals surface area contributed by atoms with Gasteiger partial charge < -0.3 is 27.7 Å². The lowest BCUT2D eigenvalue weighted by atomic mass is 10.0. The zero-order valence-corrected chi connectivity index (χ0v) is 23.4. The maximum Gasteiger partial charge on any atom is 0.167 e. The van der Waals surface area contributed by atoms with Crippen LogP contribution in [0.15, 0.2) is 51.1 Å². The molecule has 0 aromatic heterocycles. The molecule has 0 aliphatic rings. The van der Waals surface area contributed by atoms with Gasteiger partial charge in [0.2, 0.25) is 0 Å². The predicted molar refractivity (Wildman–Crippen MR) is 143 cm³/mol. The average molecular weight is 515 g/mol. The van der Waals surface area contributed by atoms with E-state index in [1.807, 2.05) is 0 Å². The summed E-state index contributed by atoms with van der Waals surface area (Å²) >= 11 is 0. The fourth-order valence-corrected chi connectivity index (χ4v) is 6.94. The van der Waals surface area contributed by atoms with Gasteiger partial charge in [0, 0.05) is 36.4 Å². The molecule has 0 fully saturated rings. The highest BCUT2D eigenvalue weighted by Crippen LogP contribution is 2.40. The third-order valence-electron chi connectivity index (χ3n) is 6.72. The zero-order valence-electron chi connectivity index (χ0n) is 21.8. The second kappa shape index (κ2) is 12.6. The maximum absolute atomic E-state index is 10.8. The number of benzene rings is 3. The van der Waals surface area contributed by atoms with E-state index in [0.717, 1.165) is 86.6 Å². The van der Waals surface area contributed by atoms with Gasteiger partial charge in [0.25, 0.3) is 0 Å². The monoisotopic (exact) mass is 514 g/mol. The Balaban J connectivity index is 0.00000432. The largest absolute Gasteiger partial charge is 1.00 e. The molecular weight excluding hydrogens is 476 g/mol. The molecule has 0 heterocycles. The second-order valence-electron chi connectivity index (χ2n) is 8.70. The first kappa shape index (κ1) is 28.9. The maximum atomic E-state index is 10.8. The number of phenolic OH excluding ortho intramolecular Hbond substituents is 3. The first-order valence-corrected chi connectivity index (χ1v) is 13.8. The van der Waals surface area contributed by atoms with Crippen molar-refractivity contribution in [1.82, 2.24) is 0 Å². The van der Waals surface area contributed by atoms with Crippen molar-refractivity contribution in [1.29, 1.82) is 0 Å². The highest BCUT2D eigenvalue weighted by Gasteiger charge is 2.33. The quantitative estimate of drug-likeness (QED) is 0.373. The standard InChI is InChI=1S/C30H38O3S.ClH/c1-7-19-13-25(14-20(8-2)28(19)31)34(26-15-21(9-3)29(32)22(10-4)16-26)27-17-23(11-5)30(33)24(12-6)18-27;/h13-18H,7-12H2,1-6H3,(H2-,31,32,33);1H. The Kier molecular flexibility index (Phi) is 10.4. The van der Waals surface area contributed by atoms with Gasteiger partial charge in [-0.05, 0) is 71.9 Å². The molecular formula is C30H39ClO3S. The average Bonchev–Trinajstić information content (AvgIpc) is 2.86. The van der Waals surface area contributed by atoms with Crippen molar-refractivity contribution in [2.24, 2.45) is 0 Å². The summed E-state index contributed by atoms with van der Waals surface area (Å²) in [4.78, 5) is 3.49. The van der Waals surface area contributed by atoms with Crippen molar-refractivity contribution in [2.75, 3.05) is 0 Å². The fraction of sp³-hybridized carbons (Fsp3) is 0.400. The lowest BCUT2D eigenvalue weighted by Crippen LogP contribution is -3.00. The topological polar surface area (TPSA) is 60.7 Å². The van der Waals surface area contributed by atoms with Crippen LogP contribution in [-0.2, 0) is 49.4 Å². The summed E-state index contributed by atoms with van der Waals surface area (Å²) in [6.45, 7) is 12.5. The van der Waals surface area contributed by atoms with Crippen LogP contribution in [0.4, 0.5) is 0 Å². The van der Waals surface area contributed by atoms with Gasteiger partial charge in [0.05, 0.1) is 10.9 Å². The molecule has 3 N–H and O–H groups in total. The van der Waals surface area contributed by atoms with E-state index < -0.39 is 10.9 Å². The summed E-state index contributed by atoms with van der Waals surface area (Å²) in [7, 11) is -0.444. The minimum atomic E-state index is -0.444. The summed E-state index contributed by atoms with van der Waals surface area (Å²) in [5.41, 5.74) is 5.76. The van der Waals surface area contributed by atoms with Crippen LogP contribution in [0.1, 0.15) is 74.9 Å². The number of phenols is 3. The molecule has 0 spiro atoms. The minimum absolute atomic E-state index is 0. The van der Waals surface area contributed by atoms with Crippen LogP contribution in [0.25, 0.3) is 0 Å². The van der Waals surface area contributed by atoms with Gasteiger partial charge in [-0.15, -0.1) is 0 Å². The van der Waals surface area contributed by atoms with E-state index >= 15 is 0 Å². The number of aryl methyl sites for hydroxylation is 6. The molecule has 0 atom stereocenters. The van der Waals surface area contributed by atoms with Gasteiger partial charge in [-0.3, -0.25) is 0 Å². The molecule has 0 amide bonds. The Labute approximate surface area is 220 Å². The molecule has 0 saturated heterocycles. The lowest BCUT2D eigenvalue weighted by Gasteiger charge is -2.17. The van der Waals surface area contributed by atoms with Gasteiger partial charge in [0.15, 0.2) is 14.7 Å². The Bertz CT molecular complexity index is 951. The molecule has 3 rings (SSSR count). The van der Waals surface area contributed by atoms with Crippen molar-refractivity contribution in [2.45, 2.75) is 94.8 Å². The van der Waals surface area contributed by atoms with Crippen molar-refractivity contribution in [3.63, 3.8) is 0 Å². The predicted octanol–water partition coefficient (Wildman–Crippen LogP) is 4.28. The molecule has 3 nitrogen and oxygen atoms in total. The molecule has 0 aliphatic heterocycles. The molecule has 0 bridgehead atoms. The van der Waals surface area contributed by atoms with Gasteiger partial charge >= 0.3 is 0 Å². The van der Waals surface area contributed by atoms with Crippen molar-refractivity contribution in [3.8, 4) is 17.2 Å². The van der Waals surface area contributed by atoms with E-state index in [9.17, 15) is 15.3 Å². The first-order valence-electron chi connectivity index (χ1n) is 12.6. The lowest BCUT2D eigenvalue weighted by molar-refractivity contribution is -0.0000101. The summed E-state index contributed by atoms with van der Waals surface area (Å²) in [6.07, 6.45) is 4.56.